The molecule has 0 aromatic heterocycles. The van der Waals surface area contributed by atoms with Crippen molar-refractivity contribution in [1.29, 1.82) is 0 Å². The number of phenolic OH excluding ortho intramolecular Hbond substituents is 3. The molecule has 7 heteroatoms. The van der Waals surface area contributed by atoms with Gasteiger partial charge in [0.05, 0.1) is 7.11 Å². The molecule has 0 aliphatic carbocycles. The number of methoxy groups -OCH3 is 1. The Morgan fingerprint density at radius 1 is 1.06 bits per heavy atom. The summed E-state index contributed by atoms with van der Waals surface area (Å²) in [6, 6.07) is 14.5. The number of phenols is 3. The SMILES string of the molecule is C=C[C@@H](c1ccc(O)c(OC)c1)c1c(O)cc2c(c1O)C(=O)[C@H](O)[C@@H](c1ccccc1)O2. The summed E-state index contributed by atoms with van der Waals surface area (Å²) in [7, 11) is 1.40. The molecule has 3 atom stereocenters. The first-order valence-corrected chi connectivity index (χ1v) is 9.89. The number of carbonyl (C=O) groups excluding carboxylic acids is 1. The summed E-state index contributed by atoms with van der Waals surface area (Å²) in [4.78, 5) is 13.0. The summed E-state index contributed by atoms with van der Waals surface area (Å²) in [5.41, 5.74) is 0.943. The number of benzene rings is 3. The topological polar surface area (TPSA) is 116 Å². The fraction of sp³-hybridized carbons (Fsp3) is 0.160. The first-order valence-electron chi connectivity index (χ1n) is 9.89. The number of aliphatic hydroxyl groups excluding tert-OH is 1. The smallest absolute Gasteiger partial charge is 0.202 e. The molecule has 0 saturated carbocycles. The summed E-state index contributed by atoms with van der Waals surface area (Å²) in [6.07, 6.45) is -1.04. The Labute approximate surface area is 184 Å². The second-order valence-electron chi connectivity index (χ2n) is 7.43. The lowest BCUT2D eigenvalue weighted by Crippen LogP contribution is -2.36. The number of aliphatic hydroxyl groups is 1. The van der Waals surface area contributed by atoms with Crippen LogP contribution in [0.25, 0.3) is 0 Å². The molecule has 0 bridgehead atoms. The molecule has 4 N–H and O–H groups in total. The van der Waals surface area contributed by atoms with Gasteiger partial charge in [-0.05, 0) is 23.3 Å². The van der Waals surface area contributed by atoms with Crippen molar-refractivity contribution in [3.63, 3.8) is 0 Å². The molecule has 164 valence electrons. The van der Waals surface area contributed by atoms with E-state index in [0.717, 1.165) is 0 Å². The minimum absolute atomic E-state index is 0.0220. The fourth-order valence-corrected chi connectivity index (χ4v) is 3.97. The van der Waals surface area contributed by atoms with Crippen LogP contribution in [-0.4, -0.2) is 39.4 Å². The second kappa shape index (κ2) is 8.28. The molecule has 0 fully saturated rings. The van der Waals surface area contributed by atoms with Crippen LogP contribution in [0.4, 0.5) is 0 Å². The van der Waals surface area contributed by atoms with Crippen LogP contribution in [0.2, 0.25) is 0 Å². The van der Waals surface area contributed by atoms with Gasteiger partial charge in [0.25, 0.3) is 0 Å². The van der Waals surface area contributed by atoms with E-state index in [4.69, 9.17) is 9.47 Å². The van der Waals surface area contributed by atoms with Gasteiger partial charge in [-0.2, -0.15) is 0 Å². The molecule has 7 nitrogen and oxygen atoms in total. The molecule has 1 heterocycles. The standard InChI is InChI=1S/C25H22O7/c1-3-15(14-9-10-16(26)18(11-14)31-2)20-17(27)12-19-21(22(20)28)23(29)24(30)25(32-19)13-7-5-4-6-8-13/h3-12,15,24-28,30H,1H2,2H3/t15-,24-,25+/m0/s1. The van der Waals surface area contributed by atoms with E-state index in [1.807, 2.05) is 0 Å². The highest BCUT2D eigenvalue weighted by Crippen LogP contribution is 2.49. The molecule has 0 amide bonds. The van der Waals surface area contributed by atoms with E-state index in [1.165, 1.54) is 25.3 Å². The minimum Gasteiger partial charge on any atom is -0.507 e. The zero-order chi connectivity index (χ0) is 23.0. The van der Waals surface area contributed by atoms with E-state index in [9.17, 15) is 25.2 Å². The monoisotopic (exact) mass is 434 g/mol. The highest BCUT2D eigenvalue weighted by molar-refractivity contribution is 6.06. The molecule has 0 unspecified atom stereocenters. The normalized spacial score (nSPS) is 18.4. The molecular formula is C25H22O7. The van der Waals surface area contributed by atoms with E-state index in [0.29, 0.717) is 11.1 Å². The van der Waals surface area contributed by atoms with Crippen molar-refractivity contribution in [1.82, 2.24) is 0 Å². The van der Waals surface area contributed by atoms with Gasteiger partial charge in [0.2, 0.25) is 5.78 Å². The molecule has 1 aliphatic rings. The summed E-state index contributed by atoms with van der Waals surface area (Å²) in [5.74, 6) is -2.18. The second-order valence-corrected chi connectivity index (χ2v) is 7.43. The number of carbonyl (C=O) groups is 1. The van der Waals surface area contributed by atoms with Crippen molar-refractivity contribution in [3.05, 3.63) is 89.5 Å². The number of aromatic hydroxyl groups is 3. The Balaban J connectivity index is 1.82. The Bertz CT molecular complexity index is 1190. The highest BCUT2D eigenvalue weighted by Gasteiger charge is 2.40. The van der Waals surface area contributed by atoms with Gasteiger partial charge in [-0.1, -0.05) is 42.5 Å². The van der Waals surface area contributed by atoms with Crippen molar-refractivity contribution in [2.45, 2.75) is 18.1 Å². The number of Topliss-reactive ketones (excluding diaryl/α,β-unsaturated/α-hetero) is 1. The Hall–Kier alpha value is -3.97. The molecule has 0 radical (unpaired) electrons. The van der Waals surface area contributed by atoms with Crippen LogP contribution in [0.5, 0.6) is 28.7 Å². The van der Waals surface area contributed by atoms with Crippen LogP contribution in [0.1, 0.15) is 39.1 Å². The molecule has 1 aliphatic heterocycles. The van der Waals surface area contributed by atoms with Crippen LogP contribution in [0, 0.1) is 0 Å². The van der Waals surface area contributed by atoms with Crippen molar-refractivity contribution in [2.75, 3.05) is 7.11 Å². The highest BCUT2D eigenvalue weighted by atomic mass is 16.5. The van der Waals surface area contributed by atoms with Crippen molar-refractivity contribution in [3.8, 4) is 28.7 Å². The Kier molecular flexibility index (Phi) is 5.50. The van der Waals surface area contributed by atoms with Gasteiger partial charge in [-0.25, -0.2) is 0 Å². The molecule has 32 heavy (non-hydrogen) atoms. The third-order valence-electron chi connectivity index (χ3n) is 5.58. The lowest BCUT2D eigenvalue weighted by molar-refractivity contribution is 0.0210. The van der Waals surface area contributed by atoms with Crippen LogP contribution in [0.15, 0.2) is 67.3 Å². The summed E-state index contributed by atoms with van der Waals surface area (Å²) >= 11 is 0. The fourth-order valence-electron chi connectivity index (χ4n) is 3.97. The van der Waals surface area contributed by atoms with Crippen molar-refractivity contribution < 1.29 is 34.7 Å². The van der Waals surface area contributed by atoms with Gasteiger partial charge < -0.3 is 29.9 Å². The summed E-state index contributed by atoms with van der Waals surface area (Å²) in [5, 5.41) is 42.3. The van der Waals surface area contributed by atoms with Crippen LogP contribution >= 0.6 is 0 Å². The molecule has 3 aromatic rings. The van der Waals surface area contributed by atoms with Gasteiger partial charge in [0, 0.05) is 17.5 Å². The maximum atomic E-state index is 13.0. The lowest BCUT2D eigenvalue weighted by atomic mass is 9.85. The summed E-state index contributed by atoms with van der Waals surface area (Å²) in [6.45, 7) is 3.78. The average Bonchev–Trinajstić information content (AvgIpc) is 2.79. The van der Waals surface area contributed by atoms with E-state index in [-0.39, 0.29) is 34.1 Å². The number of hydrogen-bond acceptors (Lipinski definition) is 7. The molecule has 0 spiro atoms. The first kappa shape index (κ1) is 21.3. The van der Waals surface area contributed by atoms with Crippen LogP contribution in [-0.2, 0) is 0 Å². The predicted octanol–water partition coefficient (Wildman–Crippen LogP) is 3.81. The number of fused-ring (bicyclic) bond motifs is 1. The third kappa shape index (κ3) is 3.42. The lowest BCUT2D eigenvalue weighted by Gasteiger charge is -2.31. The Morgan fingerprint density at radius 3 is 2.44 bits per heavy atom. The van der Waals surface area contributed by atoms with Crippen LogP contribution < -0.4 is 9.47 Å². The maximum Gasteiger partial charge on any atom is 0.202 e. The van der Waals surface area contributed by atoms with Gasteiger partial charge in [0.15, 0.2) is 23.7 Å². The van der Waals surface area contributed by atoms with Gasteiger partial charge in [-0.3, -0.25) is 4.79 Å². The minimum atomic E-state index is -1.54. The Morgan fingerprint density at radius 2 is 1.78 bits per heavy atom. The van der Waals surface area contributed by atoms with Gasteiger partial charge >= 0.3 is 0 Å². The van der Waals surface area contributed by atoms with Crippen molar-refractivity contribution in [2.24, 2.45) is 0 Å². The zero-order valence-corrected chi connectivity index (χ0v) is 17.2. The molecular weight excluding hydrogens is 412 g/mol. The van der Waals surface area contributed by atoms with E-state index < -0.39 is 29.7 Å². The van der Waals surface area contributed by atoms with E-state index in [1.54, 1.807) is 42.5 Å². The number of ether oxygens (including phenoxy) is 2. The molecule has 0 saturated heterocycles. The average molecular weight is 434 g/mol. The number of ketones is 1. The quantitative estimate of drug-likeness (QED) is 0.451. The summed E-state index contributed by atoms with van der Waals surface area (Å²) < 4.78 is 11.0. The van der Waals surface area contributed by atoms with Gasteiger partial charge in [0.1, 0.15) is 22.8 Å². The molecule has 3 aromatic carbocycles. The van der Waals surface area contributed by atoms with Crippen molar-refractivity contribution >= 4 is 5.78 Å². The third-order valence-corrected chi connectivity index (χ3v) is 5.58. The van der Waals surface area contributed by atoms with E-state index in [2.05, 4.69) is 6.58 Å². The van der Waals surface area contributed by atoms with Gasteiger partial charge in [-0.15, -0.1) is 6.58 Å². The predicted molar refractivity (Wildman–Crippen MR) is 117 cm³/mol. The largest absolute Gasteiger partial charge is 0.507 e. The molecule has 4 rings (SSSR count). The number of allylic oxidation sites excluding steroid dienone is 1. The first-order chi connectivity index (χ1) is 15.4. The van der Waals surface area contributed by atoms with E-state index >= 15 is 0 Å². The number of rotatable bonds is 5. The maximum absolute atomic E-state index is 13.0. The zero-order valence-electron chi connectivity index (χ0n) is 17.2. The van der Waals surface area contributed by atoms with Crippen LogP contribution in [0.3, 0.4) is 0 Å². The number of hydrogen-bond donors (Lipinski definition) is 4.